The van der Waals surface area contributed by atoms with Crippen molar-refractivity contribution in [2.75, 3.05) is 13.2 Å². The molecule has 0 aliphatic carbocycles. The van der Waals surface area contributed by atoms with Crippen molar-refractivity contribution in [3.05, 3.63) is 59.7 Å². The number of fused-ring (bicyclic) bond motifs is 1. The van der Waals surface area contributed by atoms with Crippen LogP contribution in [-0.2, 0) is 17.8 Å². The number of hydrogen-bond acceptors (Lipinski definition) is 5. The highest BCUT2D eigenvalue weighted by molar-refractivity contribution is 5.90. The van der Waals surface area contributed by atoms with Crippen LogP contribution in [0.4, 0.5) is 4.79 Å². The molecule has 0 spiro atoms. The minimum Gasteiger partial charge on any atom is -0.487 e. The number of rotatable bonds is 7. The average molecular weight is 354 g/mol. The van der Waals surface area contributed by atoms with Crippen molar-refractivity contribution < 1.29 is 19.0 Å². The summed E-state index contributed by atoms with van der Waals surface area (Å²) >= 11 is 0. The molecule has 1 heterocycles. The standard InChI is InChI=1S/C20H22N2O4/c1-2-24-20(23)26-18-12-16-15(10-11-21)8-9-17(19(16)22-18)25-13-14-6-4-3-5-7-14/h3-9,12,22H,2,10-11,13,21H2,1H3. The van der Waals surface area contributed by atoms with Crippen LogP contribution in [0.15, 0.2) is 48.5 Å². The number of nitrogens with one attached hydrogen (secondary N) is 1. The zero-order valence-corrected chi connectivity index (χ0v) is 14.7. The molecule has 3 N–H and O–H groups in total. The molecule has 0 atom stereocenters. The van der Waals surface area contributed by atoms with Gasteiger partial charge in [0.15, 0.2) is 0 Å². The van der Waals surface area contributed by atoms with Gasteiger partial charge in [0, 0.05) is 11.5 Å². The summed E-state index contributed by atoms with van der Waals surface area (Å²) in [4.78, 5) is 14.7. The van der Waals surface area contributed by atoms with Gasteiger partial charge in [0.05, 0.1) is 12.1 Å². The Hall–Kier alpha value is -2.99. The van der Waals surface area contributed by atoms with Crippen LogP contribution in [0.5, 0.6) is 11.6 Å². The summed E-state index contributed by atoms with van der Waals surface area (Å²) in [5.74, 6) is 0.996. The van der Waals surface area contributed by atoms with Gasteiger partial charge in [-0.2, -0.15) is 0 Å². The van der Waals surface area contributed by atoms with Crippen LogP contribution in [0.2, 0.25) is 0 Å². The van der Waals surface area contributed by atoms with E-state index in [1.807, 2.05) is 42.5 Å². The fraction of sp³-hybridized carbons (Fsp3) is 0.250. The van der Waals surface area contributed by atoms with Gasteiger partial charge in [0.25, 0.3) is 0 Å². The predicted octanol–water partition coefficient (Wildman–Crippen LogP) is 3.78. The van der Waals surface area contributed by atoms with E-state index in [4.69, 9.17) is 19.9 Å². The van der Waals surface area contributed by atoms with Crippen LogP contribution in [0, 0.1) is 0 Å². The summed E-state index contributed by atoms with van der Waals surface area (Å²) in [6.45, 7) is 2.95. The fourth-order valence-electron chi connectivity index (χ4n) is 2.75. The number of aromatic amines is 1. The van der Waals surface area contributed by atoms with Gasteiger partial charge in [0.1, 0.15) is 12.4 Å². The first-order chi connectivity index (χ1) is 12.7. The molecule has 2 aromatic carbocycles. The van der Waals surface area contributed by atoms with Crippen LogP contribution in [0.1, 0.15) is 18.1 Å². The lowest BCUT2D eigenvalue weighted by molar-refractivity contribution is 0.103. The summed E-state index contributed by atoms with van der Waals surface area (Å²) in [7, 11) is 0. The van der Waals surface area contributed by atoms with Gasteiger partial charge < -0.3 is 24.9 Å². The van der Waals surface area contributed by atoms with Crippen molar-refractivity contribution >= 4 is 17.1 Å². The van der Waals surface area contributed by atoms with Gasteiger partial charge >= 0.3 is 6.16 Å². The summed E-state index contributed by atoms with van der Waals surface area (Å²) in [6, 6.07) is 15.6. The lowest BCUT2D eigenvalue weighted by Gasteiger charge is -2.09. The molecular formula is C20H22N2O4. The Morgan fingerprint density at radius 2 is 1.96 bits per heavy atom. The average Bonchev–Trinajstić information content (AvgIpc) is 3.06. The van der Waals surface area contributed by atoms with Crippen molar-refractivity contribution in [2.45, 2.75) is 20.0 Å². The van der Waals surface area contributed by atoms with Gasteiger partial charge in [-0.1, -0.05) is 36.4 Å². The minimum atomic E-state index is -0.744. The van der Waals surface area contributed by atoms with E-state index >= 15 is 0 Å². The number of H-pyrrole nitrogens is 1. The number of carbonyl (C=O) groups excluding carboxylic acids is 1. The lowest BCUT2D eigenvalue weighted by atomic mass is 10.1. The van der Waals surface area contributed by atoms with Gasteiger partial charge in [-0.25, -0.2) is 4.79 Å². The van der Waals surface area contributed by atoms with Crippen LogP contribution in [0.25, 0.3) is 10.9 Å². The van der Waals surface area contributed by atoms with E-state index in [1.54, 1.807) is 13.0 Å². The molecule has 0 aliphatic rings. The molecular weight excluding hydrogens is 332 g/mol. The highest BCUT2D eigenvalue weighted by Gasteiger charge is 2.14. The quantitative estimate of drug-likeness (QED) is 0.631. The fourth-order valence-corrected chi connectivity index (χ4v) is 2.75. The maximum Gasteiger partial charge on any atom is 0.515 e. The Morgan fingerprint density at radius 3 is 2.69 bits per heavy atom. The molecule has 136 valence electrons. The first-order valence-electron chi connectivity index (χ1n) is 8.57. The maximum atomic E-state index is 11.6. The second-order valence-electron chi connectivity index (χ2n) is 5.74. The van der Waals surface area contributed by atoms with E-state index in [9.17, 15) is 4.79 Å². The zero-order valence-electron chi connectivity index (χ0n) is 14.7. The summed E-state index contributed by atoms with van der Waals surface area (Å²) in [6.07, 6.45) is -0.0298. The van der Waals surface area contributed by atoms with E-state index in [1.165, 1.54) is 0 Å². The molecule has 0 unspecified atom stereocenters. The topological polar surface area (TPSA) is 86.6 Å². The Balaban J connectivity index is 1.89. The van der Waals surface area contributed by atoms with Gasteiger partial charge in [-0.3, -0.25) is 0 Å². The van der Waals surface area contributed by atoms with E-state index in [-0.39, 0.29) is 6.61 Å². The van der Waals surface area contributed by atoms with E-state index in [0.717, 1.165) is 22.0 Å². The Labute approximate surface area is 151 Å². The molecule has 0 bridgehead atoms. The first kappa shape index (κ1) is 17.8. The Kier molecular flexibility index (Phi) is 5.76. The third-order valence-electron chi connectivity index (χ3n) is 3.93. The lowest BCUT2D eigenvalue weighted by Crippen LogP contribution is -2.10. The number of aromatic nitrogens is 1. The second kappa shape index (κ2) is 8.40. The van der Waals surface area contributed by atoms with Gasteiger partial charge in [-0.15, -0.1) is 0 Å². The Morgan fingerprint density at radius 1 is 1.15 bits per heavy atom. The molecule has 0 saturated heterocycles. The van der Waals surface area contributed by atoms with E-state index < -0.39 is 6.16 Å². The van der Waals surface area contributed by atoms with Crippen molar-refractivity contribution in [1.29, 1.82) is 0 Å². The molecule has 3 aromatic rings. The van der Waals surface area contributed by atoms with Crippen LogP contribution in [-0.4, -0.2) is 24.3 Å². The molecule has 0 radical (unpaired) electrons. The molecule has 26 heavy (non-hydrogen) atoms. The summed E-state index contributed by atoms with van der Waals surface area (Å²) in [5, 5.41) is 0.917. The monoisotopic (exact) mass is 354 g/mol. The molecule has 0 saturated carbocycles. The number of ether oxygens (including phenoxy) is 3. The van der Waals surface area contributed by atoms with Crippen molar-refractivity contribution in [3.63, 3.8) is 0 Å². The SMILES string of the molecule is CCOC(=O)Oc1cc2c(CCN)ccc(OCc3ccccc3)c2[nH]1. The second-order valence-corrected chi connectivity index (χ2v) is 5.74. The summed E-state index contributed by atoms with van der Waals surface area (Å²) in [5.41, 5.74) is 8.60. The van der Waals surface area contributed by atoms with Gasteiger partial charge in [-0.05, 0) is 37.1 Å². The molecule has 0 aliphatic heterocycles. The van der Waals surface area contributed by atoms with Crippen molar-refractivity contribution in [3.8, 4) is 11.6 Å². The molecule has 6 nitrogen and oxygen atoms in total. The number of nitrogens with two attached hydrogens (primary N) is 1. The number of carbonyl (C=O) groups is 1. The van der Waals surface area contributed by atoms with Crippen molar-refractivity contribution in [2.24, 2.45) is 5.73 Å². The van der Waals surface area contributed by atoms with E-state index in [2.05, 4.69) is 4.98 Å². The van der Waals surface area contributed by atoms with Gasteiger partial charge in [0.2, 0.25) is 5.88 Å². The molecule has 6 heteroatoms. The first-order valence-corrected chi connectivity index (χ1v) is 8.57. The smallest absolute Gasteiger partial charge is 0.487 e. The third kappa shape index (κ3) is 4.15. The molecule has 3 rings (SSSR count). The Bertz CT molecular complexity index is 874. The van der Waals surface area contributed by atoms with Crippen LogP contribution >= 0.6 is 0 Å². The molecule has 1 aromatic heterocycles. The summed E-state index contributed by atoms with van der Waals surface area (Å²) < 4.78 is 16.0. The normalized spacial score (nSPS) is 10.7. The maximum absolute atomic E-state index is 11.6. The number of hydrogen-bond donors (Lipinski definition) is 2. The van der Waals surface area contributed by atoms with Crippen LogP contribution in [0.3, 0.4) is 0 Å². The minimum absolute atomic E-state index is 0.253. The molecule has 0 fully saturated rings. The van der Waals surface area contributed by atoms with E-state index in [0.29, 0.717) is 31.2 Å². The van der Waals surface area contributed by atoms with Crippen LogP contribution < -0.4 is 15.2 Å². The zero-order chi connectivity index (χ0) is 18.4. The molecule has 0 amide bonds. The highest BCUT2D eigenvalue weighted by Crippen LogP contribution is 2.32. The third-order valence-corrected chi connectivity index (χ3v) is 3.93. The van der Waals surface area contributed by atoms with Crippen molar-refractivity contribution in [1.82, 2.24) is 4.98 Å². The predicted molar refractivity (Wildman–Crippen MR) is 99.5 cm³/mol. The number of benzene rings is 2. The highest BCUT2D eigenvalue weighted by atomic mass is 16.7. The largest absolute Gasteiger partial charge is 0.515 e.